The van der Waals surface area contributed by atoms with Crippen molar-refractivity contribution in [2.75, 3.05) is 0 Å². The van der Waals surface area contributed by atoms with Gasteiger partial charge in [0.2, 0.25) is 0 Å². The molecule has 1 unspecified atom stereocenters. The van der Waals surface area contributed by atoms with Crippen LogP contribution in [-0.2, 0) is 13.2 Å². The molecule has 3 aromatic rings. The Bertz CT molecular complexity index is 658. The molecule has 4 nitrogen and oxygen atoms in total. The van der Waals surface area contributed by atoms with Crippen molar-refractivity contribution in [3.63, 3.8) is 0 Å². The summed E-state index contributed by atoms with van der Waals surface area (Å²) in [5.41, 5.74) is 4.85. The zero-order valence-corrected chi connectivity index (χ0v) is 11.6. The van der Waals surface area contributed by atoms with Gasteiger partial charge in [-0.3, -0.25) is 0 Å². The van der Waals surface area contributed by atoms with E-state index in [2.05, 4.69) is 22.1 Å². The van der Waals surface area contributed by atoms with E-state index in [1.54, 1.807) is 0 Å². The summed E-state index contributed by atoms with van der Waals surface area (Å²) in [7, 11) is 0. The Morgan fingerprint density at radius 2 is 1.62 bits per heavy atom. The third-order valence-electron chi connectivity index (χ3n) is 3.65. The van der Waals surface area contributed by atoms with Crippen LogP contribution in [0, 0.1) is 0 Å². The van der Waals surface area contributed by atoms with E-state index in [-0.39, 0.29) is 19.1 Å². The Morgan fingerprint density at radius 1 is 0.857 bits per heavy atom. The molecule has 4 heteroatoms. The highest BCUT2D eigenvalue weighted by molar-refractivity contribution is 5.41. The number of aliphatic hydroxyl groups is 2. The fourth-order valence-electron chi connectivity index (χ4n) is 2.64. The minimum Gasteiger partial charge on any atom is -0.390 e. The molecule has 0 aliphatic heterocycles. The molecule has 3 rings (SSSR count). The topological polar surface area (TPSA) is 72.0 Å². The normalized spacial score (nSPS) is 12.5. The number of rotatable bonds is 5. The second-order valence-electron chi connectivity index (χ2n) is 5.06. The fourth-order valence-corrected chi connectivity index (χ4v) is 2.64. The average molecular weight is 282 g/mol. The summed E-state index contributed by atoms with van der Waals surface area (Å²) < 4.78 is 0. The molecule has 21 heavy (non-hydrogen) atoms. The van der Waals surface area contributed by atoms with Gasteiger partial charge in [0.1, 0.15) is 0 Å². The first-order valence-corrected chi connectivity index (χ1v) is 6.93. The Kier molecular flexibility index (Phi) is 3.90. The van der Waals surface area contributed by atoms with Crippen LogP contribution in [0.25, 0.3) is 0 Å². The van der Waals surface area contributed by atoms with E-state index < -0.39 is 0 Å². The minimum absolute atomic E-state index is 0.00344. The minimum atomic E-state index is -0.00583. The molecular weight excluding hydrogens is 264 g/mol. The van der Waals surface area contributed by atoms with Crippen LogP contribution in [0.4, 0.5) is 0 Å². The number of hydrogen-bond acceptors (Lipinski definition) is 2. The third-order valence-corrected chi connectivity index (χ3v) is 3.65. The quantitative estimate of drug-likeness (QED) is 0.580. The lowest BCUT2D eigenvalue weighted by Gasteiger charge is -2.15. The monoisotopic (exact) mass is 282 g/mol. The third kappa shape index (κ3) is 2.77. The highest BCUT2D eigenvalue weighted by Crippen LogP contribution is 2.31. The number of benzene rings is 1. The number of hydrogen-bond donors (Lipinski definition) is 4. The summed E-state index contributed by atoms with van der Waals surface area (Å²) in [6.07, 6.45) is 1.92. The number of aromatic amines is 2. The van der Waals surface area contributed by atoms with Crippen molar-refractivity contribution in [3.05, 3.63) is 82.9 Å². The lowest BCUT2D eigenvalue weighted by Crippen LogP contribution is -2.03. The average Bonchev–Trinajstić information content (AvgIpc) is 3.18. The van der Waals surface area contributed by atoms with Crippen molar-refractivity contribution >= 4 is 0 Å². The first kappa shape index (κ1) is 13.7. The zero-order chi connectivity index (χ0) is 14.7. The highest BCUT2D eigenvalue weighted by atomic mass is 16.3. The van der Waals surface area contributed by atoms with E-state index in [0.29, 0.717) is 0 Å². The fraction of sp³-hybridized carbons (Fsp3) is 0.176. The summed E-state index contributed by atoms with van der Waals surface area (Å²) in [5.74, 6) is 0.0445. The molecule has 108 valence electrons. The summed E-state index contributed by atoms with van der Waals surface area (Å²) in [6.45, 7) is -0.00926. The maximum absolute atomic E-state index is 9.25. The molecule has 0 aliphatic rings. The SMILES string of the molecule is OCc1cc(C(c2ccccc2)c2ccc(CO)[nH]2)c[nH]1. The van der Waals surface area contributed by atoms with E-state index in [1.807, 2.05) is 42.6 Å². The number of H-pyrrole nitrogens is 2. The van der Waals surface area contributed by atoms with Crippen molar-refractivity contribution in [2.24, 2.45) is 0 Å². The van der Waals surface area contributed by atoms with Crippen molar-refractivity contribution < 1.29 is 10.2 Å². The molecule has 1 atom stereocenters. The second kappa shape index (κ2) is 5.99. The van der Waals surface area contributed by atoms with Gasteiger partial charge in [0.25, 0.3) is 0 Å². The van der Waals surface area contributed by atoms with Gasteiger partial charge in [0.15, 0.2) is 0 Å². The zero-order valence-electron chi connectivity index (χ0n) is 11.6. The van der Waals surface area contributed by atoms with E-state index in [4.69, 9.17) is 0 Å². The Balaban J connectivity index is 2.06. The maximum Gasteiger partial charge on any atom is 0.0830 e. The van der Waals surface area contributed by atoms with E-state index in [0.717, 1.165) is 28.2 Å². The van der Waals surface area contributed by atoms with E-state index >= 15 is 0 Å². The van der Waals surface area contributed by atoms with Gasteiger partial charge in [-0.05, 0) is 29.3 Å². The molecule has 1 aromatic carbocycles. The van der Waals surface area contributed by atoms with Crippen LogP contribution >= 0.6 is 0 Å². The van der Waals surface area contributed by atoms with Crippen LogP contribution < -0.4 is 0 Å². The van der Waals surface area contributed by atoms with Gasteiger partial charge in [0.05, 0.1) is 19.1 Å². The van der Waals surface area contributed by atoms with Crippen LogP contribution in [0.15, 0.2) is 54.7 Å². The molecule has 0 radical (unpaired) electrons. The van der Waals surface area contributed by atoms with E-state index in [9.17, 15) is 10.2 Å². The molecule has 2 aromatic heterocycles. The standard InChI is InChI=1S/C17H18N2O2/c20-10-14-6-7-16(19-14)17(12-4-2-1-3-5-12)13-8-15(11-21)18-9-13/h1-9,17-21H,10-11H2. The number of aliphatic hydroxyl groups excluding tert-OH is 2. The molecule has 0 spiro atoms. The van der Waals surface area contributed by atoms with Gasteiger partial charge in [0, 0.05) is 23.3 Å². The number of nitrogens with one attached hydrogen (secondary N) is 2. The molecular formula is C17H18N2O2. The van der Waals surface area contributed by atoms with Gasteiger partial charge in [-0.15, -0.1) is 0 Å². The molecule has 4 N–H and O–H groups in total. The molecule has 0 aliphatic carbocycles. The Labute approximate surface area is 123 Å². The molecule has 0 amide bonds. The van der Waals surface area contributed by atoms with Crippen LogP contribution in [0.5, 0.6) is 0 Å². The van der Waals surface area contributed by atoms with Crippen LogP contribution in [-0.4, -0.2) is 20.2 Å². The Morgan fingerprint density at radius 3 is 2.24 bits per heavy atom. The first-order chi connectivity index (χ1) is 10.3. The second-order valence-corrected chi connectivity index (χ2v) is 5.06. The lowest BCUT2D eigenvalue weighted by molar-refractivity contribution is 0.277. The molecule has 0 saturated heterocycles. The van der Waals surface area contributed by atoms with E-state index in [1.165, 1.54) is 0 Å². The summed E-state index contributed by atoms with van der Waals surface area (Å²) in [6, 6.07) is 16.0. The van der Waals surface area contributed by atoms with Crippen LogP contribution in [0.2, 0.25) is 0 Å². The molecule has 2 heterocycles. The Hall–Kier alpha value is -2.30. The van der Waals surface area contributed by atoms with Crippen molar-refractivity contribution in [2.45, 2.75) is 19.1 Å². The van der Waals surface area contributed by atoms with Gasteiger partial charge in [-0.25, -0.2) is 0 Å². The van der Waals surface area contributed by atoms with Gasteiger partial charge >= 0.3 is 0 Å². The summed E-state index contributed by atoms with van der Waals surface area (Å²) in [5, 5.41) is 18.5. The molecule has 0 saturated carbocycles. The first-order valence-electron chi connectivity index (χ1n) is 6.93. The van der Waals surface area contributed by atoms with Gasteiger partial charge in [-0.1, -0.05) is 30.3 Å². The van der Waals surface area contributed by atoms with Crippen LogP contribution in [0.3, 0.4) is 0 Å². The number of aromatic nitrogens is 2. The maximum atomic E-state index is 9.25. The van der Waals surface area contributed by atoms with Gasteiger partial charge < -0.3 is 20.2 Å². The summed E-state index contributed by atoms with van der Waals surface area (Å²) >= 11 is 0. The van der Waals surface area contributed by atoms with Gasteiger partial charge in [-0.2, -0.15) is 0 Å². The highest BCUT2D eigenvalue weighted by Gasteiger charge is 2.19. The summed E-state index contributed by atoms with van der Waals surface area (Å²) in [4.78, 5) is 6.34. The predicted molar refractivity (Wildman–Crippen MR) is 80.8 cm³/mol. The molecule has 0 fully saturated rings. The van der Waals surface area contributed by atoms with Crippen molar-refractivity contribution in [1.29, 1.82) is 0 Å². The van der Waals surface area contributed by atoms with Crippen molar-refractivity contribution in [3.8, 4) is 0 Å². The van der Waals surface area contributed by atoms with Crippen LogP contribution in [0.1, 0.15) is 34.1 Å². The lowest BCUT2D eigenvalue weighted by atomic mass is 9.90. The van der Waals surface area contributed by atoms with Crippen molar-refractivity contribution in [1.82, 2.24) is 9.97 Å². The smallest absolute Gasteiger partial charge is 0.0830 e. The largest absolute Gasteiger partial charge is 0.390 e. The molecule has 0 bridgehead atoms. The predicted octanol–water partition coefficient (Wildman–Crippen LogP) is 2.51.